The fourth-order valence-electron chi connectivity index (χ4n) is 3.35. The number of aliphatic carboxylic acids is 1. The van der Waals surface area contributed by atoms with E-state index in [2.05, 4.69) is 6.92 Å². The Balaban J connectivity index is -0.00000108. The van der Waals surface area contributed by atoms with Crippen LogP contribution >= 0.6 is 0 Å². The summed E-state index contributed by atoms with van der Waals surface area (Å²) in [6, 6.07) is 0. The van der Waals surface area contributed by atoms with Crippen LogP contribution in [-0.2, 0) is 15.2 Å². The maximum atomic E-state index is 10.4. The van der Waals surface area contributed by atoms with Crippen molar-refractivity contribution in [3.05, 3.63) is 0 Å². The van der Waals surface area contributed by atoms with Crippen molar-refractivity contribution in [2.24, 2.45) is 0 Å². The Morgan fingerprint density at radius 1 is 0.567 bits per heavy atom. The van der Waals surface area contributed by atoms with E-state index in [0.717, 1.165) is 12.8 Å². The molecule has 0 rings (SSSR count). The van der Waals surface area contributed by atoms with Gasteiger partial charge in [-0.3, -0.25) is 13.9 Å². The first-order valence-electron chi connectivity index (χ1n) is 11.7. The second-order valence-electron chi connectivity index (χ2n) is 7.96. The third-order valence-electron chi connectivity index (χ3n) is 4.99. The number of unbranched alkanes of at least 4 members (excludes halogenated alkanes) is 18. The van der Waals surface area contributed by atoms with Gasteiger partial charge in [-0.05, 0) is 6.42 Å². The summed E-state index contributed by atoms with van der Waals surface area (Å²) in [6.07, 6.45) is 26.1. The van der Waals surface area contributed by atoms with E-state index in [-0.39, 0.29) is 29.6 Å². The van der Waals surface area contributed by atoms with Crippen molar-refractivity contribution in [3.63, 3.8) is 0 Å². The standard InChI is InChI=1S/C22H44O2.Na.H2O4S.H/c1-2-3-4-5-6-7-8-9-10-11-12-13-14-15-16-17-18-19-20-21-22(23)24;;1-5(2,3)4;/h2-21H2,1H3,(H,23,24);;(H2,1,2,3,4);. The molecule has 0 aliphatic rings. The number of hydrogen-bond donors (Lipinski definition) is 3. The monoisotopic (exact) mass is 462 g/mol. The predicted molar refractivity (Wildman–Crippen MR) is 127 cm³/mol. The molecular formula is C22H47NaO6S. The van der Waals surface area contributed by atoms with E-state index in [1.165, 1.54) is 109 Å². The van der Waals surface area contributed by atoms with Crippen LogP contribution in [0.4, 0.5) is 0 Å². The third kappa shape index (κ3) is 46.5. The molecule has 178 valence electrons. The zero-order valence-corrected chi connectivity index (χ0v) is 19.4. The Hall–Kier alpha value is 0.340. The summed E-state index contributed by atoms with van der Waals surface area (Å²) >= 11 is 0. The van der Waals surface area contributed by atoms with Gasteiger partial charge in [0.15, 0.2) is 0 Å². The van der Waals surface area contributed by atoms with E-state index < -0.39 is 16.4 Å². The van der Waals surface area contributed by atoms with Gasteiger partial charge in [-0.2, -0.15) is 8.42 Å². The molecular weight excluding hydrogens is 415 g/mol. The Labute approximate surface area is 207 Å². The molecule has 0 spiro atoms. The van der Waals surface area contributed by atoms with Gasteiger partial charge in [-0.15, -0.1) is 0 Å². The van der Waals surface area contributed by atoms with Crippen molar-refractivity contribution in [2.45, 2.75) is 135 Å². The molecule has 0 heterocycles. The second-order valence-corrected chi connectivity index (χ2v) is 8.85. The summed E-state index contributed by atoms with van der Waals surface area (Å²) in [7, 11) is -4.67. The fraction of sp³-hybridized carbons (Fsp3) is 0.955. The Morgan fingerprint density at radius 3 is 0.967 bits per heavy atom. The second kappa shape index (κ2) is 27.4. The number of rotatable bonds is 20. The van der Waals surface area contributed by atoms with Crippen molar-refractivity contribution in [1.82, 2.24) is 0 Å². The van der Waals surface area contributed by atoms with Gasteiger partial charge in [0.1, 0.15) is 0 Å². The van der Waals surface area contributed by atoms with Crippen LogP contribution in [0.5, 0.6) is 0 Å². The summed E-state index contributed by atoms with van der Waals surface area (Å²) in [5, 5.41) is 8.56. The van der Waals surface area contributed by atoms with E-state index in [9.17, 15) is 4.79 Å². The van der Waals surface area contributed by atoms with Gasteiger partial charge in [0, 0.05) is 6.42 Å². The molecule has 0 saturated carbocycles. The van der Waals surface area contributed by atoms with Crippen LogP contribution in [0, 0.1) is 0 Å². The molecule has 0 amide bonds. The Morgan fingerprint density at radius 2 is 0.767 bits per heavy atom. The van der Waals surface area contributed by atoms with Crippen LogP contribution in [0.15, 0.2) is 0 Å². The molecule has 8 heteroatoms. The molecule has 30 heavy (non-hydrogen) atoms. The first-order chi connectivity index (χ1) is 13.8. The van der Waals surface area contributed by atoms with E-state index in [4.69, 9.17) is 22.6 Å². The number of hydrogen-bond acceptors (Lipinski definition) is 3. The van der Waals surface area contributed by atoms with Crippen LogP contribution in [-0.4, -0.2) is 58.2 Å². The molecule has 3 N–H and O–H groups in total. The van der Waals surface area contributed by atoms with Crippen LogP contribution in [0.2, 0.25) is 0 Å². The quantitative estimate of drug-likeness (QED) is 0.107. The van der Waals surface area contributed by atoms with Crippen LogP contribution in [0.1, 0.15) is 135 Å². The summed E-state index contributed by atoms with van der Waals surface area (Å²) in [4.78, 5) is 10.4. The zero-order chi connectivity index (χ0) is 22.2. The van der Waals surface area contributed by atoms with Crippen LogP contribution in [0.3, 0.4) is 0 Å². The zero-order valence-electron chi connectivity index (χ0n) is 18.6. The molecule has 0 aliphatic heterocycles. The number of carbonyl (C=O) groups is 1. The minimum absolute atomic E-state index is 0. The predicted octanol–water partition coefficient (Wildman–Crippen LogP) is 6.59. The van der Waals surface area contributed by atoms with E-state index in [1.807, 2.05) is 0 Å². The fourth-order valence-corrected chi connectivity index (χ4v) is 3.35. The van der Waals surface area contributed by atoms with Gasteiger partial charge in [-0.25, -0.2) is 0 Å². The topological polar surface area (TPSA) is 112 Å². The maximum absolute atomic E-state index is 10.4. The molecule has 0 aliphatic carbocycles. The summed E-state index contributed by atoms with van der Waals surface area (Å²) in [6.45, 7) is 2.28. The molecule has 0 aromatic carbocycles. The van der Waals surface area contributed by atoms with Crippen molar-refractivity contribution < 1.29 is 27.4 Å². The molecule has 0 fully saturated rings. The normalized spacial score (nSPS) is 10.8. The van der Waals surface area contributed by atoms with E-state index in [0.29, 0.717) is 6.42 Å². The van der Waals surface area contributed by atoms with E-state index >= 15 is 0 Å². The van der Waals surface area contributed by atoms with Gasteiger partial charge in [0.25, 0.3) is 0 Å². The van der Waals surface area contributed by atoms with Crippen LogP contribution in [0.25, 0.3) is 0 Å². The summed E-state index contributed by atoms with van der Waals surface area (Å²) in [5.74, 6) is -0.651. The van der Waals surface area contributed by atoms with Gasteiger partial charge in [0.05, 0.1) is 0 Å². The molecule has 0 bridgehead atoms. The molecule has 6 nitrogen and oxygen atoms in total. The first-order valence-corrected chi connectivity index (χ1v) is 13.1. The van der Waals surface area contributed by atoms with Gasteiger partial charge >= 0.3 is 45.9 Å². The van der Waals surface area contributed by atoms with Crippen molar-refractivity contribution in [3.8, 4) is 0 Å². The van der Waals surface area contributed by atoms with Gasteiger partial charge in [0.2, 0.25) is 0 Å². The van der Waals surface area contributed by atoms with Crippen molar-refractivity contribution in [2.75, 3.05) is 0 Å². The summed E-state index contributed by atoms with van der Waals surface area (Å²) in [5.41, 5.74) is 0. The van der Waals surface area contributed by atoms with Gasteiger partial charge < -0.3 is 5.11 Å². The number of carboxylic acid groups (broad SMARTS) is 1. The summed E-state index contributed by atoms with van der Waals surface area (Å²) < 4.78 is 31.6. The van der Waals surface area contributed by atoms with Crippen LogP contribution < -0.4 is 0 Å². The third-order valence-corrected chi connectivity index (χ3v) is 4.99. The van der Waals surface area contributed by atoms with Crippen molar-refractivity contribution in [1.29, 1.82) is 0 Å². The molecule has 0 atom stereocenters. The average molecular weight is 463 g/mol. The Bertz CT molecular complexity index is 435. The average Bonchev–Trinajstić information content (AvgIpc) is 2.62. The molecule has 0 saturated heterocycles. The van der Waals surface area contributed by atoms with Crippen molar-refractivity contribution >= 4 is 45.9 Å². The minimum atomic E-state index is -4.67. The van der Waals surface area contributed by atoms with E-state index in [1.54, 1.807) is 0 Å². The first kappa shape index (κ1) is 34.9. The SMILES string of the molecule is CCCCCCCCCCCCCCCCCCCCCC(=O)O.O=S(=O)(O)O.[NaH]. The molecule has 0 radical (unpaired) electrons. The Kier molecular flexibility index (Phi) is 31.9. The number of carboxylic acids is 1. The molecule has 0 unspecified atom stereocenters. The molecule has 0 aromatic rings. The molecule has 0 aromatic heterocycles. The van der Waals surface area contributed by atoms with Gasteiger partial charge in [-0.1, -0.05) is 122 Å².